The molecule has 0 aliphatic rings. The van der Waals surface area contributed by atoms with Crippen molar-refractivity contribution in [2.45, 2.75) is 25.2 Å². The second-order valence-electron chi connectivity index (χ2n) is 6.57. The number of carbonyl (C=O) groups is 1. The Morgan fingerprint density at radius 3 is 2.33 bits per heavy atom. The normalized spacial score (nSPS) is 11.4. The second kappa shape index (κ2) is 10.1. The first-order chi connectivity index (χ1) is 12.9. The third-order valence-corrected chi connectivity index (χ3v) is 5.05. The summed E-state index contributed by atoms with van der Waals surface area (Å²) in [6, 6.07) is 14.5. The summed E-state index contributed by atoms with van der Waals surface area (Å²) in [4.78, 5) is 12.2. The topological polar surface area (TPSA) is 84.5 Å². The van der Waals surface area contributed by atoms with Gasteiger partial charge in [0.25, 0.3) is 15.9 Å². The van der Waals surface area contributed by atoms with Crippen molar-refractivity contribution in [3.05, 3.63) is 60.2 Å². The van der Waals surface area contributed by atoms with Gasteiger partial charge in [-0.25, -0.2) is 8.42 Å². The van der Waals surface area contributed by atoms with E-state index in [0.29, 0.717) is 36.9 Å². The number of carbonyl (C=O) groups excluding carboxylic acids is 1. The monoisotopic (exact) mass is 390 g/mol. The molecule has 27 heavy (non-hydrogen) atoms. The van der Waals surface area contributed by atoms with E-state index in [1.807, 2.05) is 6.07 Å². The van der Waals surface area contributed by atoms with E-state index in [-0.39, 0.29) is 10.8 Å². The Labute approximate surface area is 161 Å². The van der Waals surface area contributed by atoms with E-state index in [9.17, 15) is 13.2 Å². The molecule has 0 aliphatic carbocycles. The molecule has 0 unspecified atom stereocenters. The number of para-hydroxylation sites is 1. The van der Waals surface area contributed by atoms with Crippen LogP contribution in [0.25, 0.3) is 0 Å². The molecule has 0 heterocycles. The summed E-state index contributed by atoms with van der Waals surface area (Å²) in [6.07, 6.45) is 0.728. The number of benzene rings is 2. The fraction of sp³-hybridized carbons (Fsp3) is 0.350. The number of amides is 1. The Hall–Kier alpha value is -2.38. The van der Waals surface area contributed by atoms with Gasteiger partial charge in [0.2, 0.25) is 0 Å². The molecular weight excluding hydrogens is 364 g/mol. The Balaban J connectivity index is 1.86. The molecule has 1 amide bonds. The van der Waals surface area contributed by atoms with E-state index >= 15 is 0 Å². The lowest BCUT2D eigenvalue weighted by Gasteiger charge is -2.09. The van der Waals surface area contributed by atoms with Crippen molar-refractivity contribution in [1.82, 2.24) is 5.32 Å². The van der Waals surface area contributed by atoms with Crippen LogP contribution in [0.5, 0.6) is 0 Å². The predicted octanol–water partition coefficient (Wildman–Crippen LogP) is 3.28. The number of nitrogens with one attached hydrogen (secondary N) is 2. The summed E-state index contributed by atoms with van der Waals surface area (Å²) in [5, 5.41) is 2.80. The first-order valence-electron chi connectivity index (χ1n) is 8.92. The standard InChI is InChI=1S/C20H26N2O4S/c1-16(2)15-26-14-6-13-21-20(23)17-9-11-19(12-10-17)27(24,25)22-18-7-4-3-5-8-18/h3-5,7-12,16,22H,6,13-15H2,1-2H3,(H,21,23). The minimum absolute atomic E-state index is 0.102. The van der Waals surface area contributed by atoms with Crippen molar-refractivity contribution in [3.63, 3.8) is 0 Å². The summed E-state index contributed by atoms with van der Waals surface area (Å²) in [5.41, 5.74) is 0.899. The highest BCUT2D eigenvalue weighted by Crippen LogP contribution is 2.16. The molecule has 0 saturated heterocycles. The van der Waals surface area contributed by atoms with Crippen molar-refractivity contribution in [2.75, 3.05) is 24.5 Å². The SMILES string of the molecule is CC(C)COCCCNC(=O)c1ccc(S(=O)(=O)Nc2ccccc2)cc1. The van der Waals surface area contributed by atoms with Gasteiger partial charge < -0.3 is 10.1 Å². The van der Waals surface area contributed by atoms with Gasteiger partial charge in [-0.15, -0.1) is 0 Å². The van der Waals surface area contributed by atoms with Gasteiger partial charge in [0.05, 0.1) is 4.90 Å². The molecule has 2 aromatic carbocycles. The average Bonchev–Trinajstić information content (AvgIpc) is 2.64. The molecule has 0 bridgehead atoms. The summed E-state index contributed by atoms with van der Waals surface area (Å²) in [7, 11) is -3.69. The fourth-order valence-electron chi connectivity index (χ4n) is 2.30. The molecule has 0 atom stereocenters. The zero-order valence-corrected chi connectivity index (χ0v) is 16.5. The molecule has 7 heteroatoms. The van der Waals surface area contributed by atoms with E-state index in [0.717, 1.165) is 6.42 Å². The predicted molar refractivity (Wildman–Crippen MR) is 106 cm³/mol. The van der Waals surface area contributed by atoms with Gasteiger partial charge in [-0.1, -0.05) is 32.0 Å². The highest BCUT2D eigenvalue weighted by Gasteiger charge is 2.15. The highest BCUT2D eigenvalue weighted by atomic mass is 32.2. The molecule has 146 valence electrons. The molecule has 0 fully saturated rings. The second-order valence-corrected chi connectivity index (χ2v) is 8.26. The average molecular weight is 391 g/mol. The summed E-state index contributed by atoms with van der Waals surface area (Å²) in [6.45, 7) is 5.98. The molecule has 2 N–H and O–H groups in total. The fourth-order valence-corrected chi connectivity index (χ4v) is 3.36. The third kappa shape index (κ3) is 7.03. The summed E-state index contributed by atoms with van der Waals surface area (Å²) >= 11 is 0. The van der Waals surface area contributed by atoms with Crippen molar-refractivity contribution >= 4 is 21.6 Å². The Morgan fingerprint density at radius 2 is 1.70 bits per heavy atom. The lowest BCUT2D eigenvalue weighted by Crippen LogP contribution is -2.25. The van der Waals surface area contributed by atoms with Crippen LogP contribution in [-0.2, 0) is 14.8 Å². The molecule has 0 spiro atoms. The van der Waals surface area contributed by atoms with Crippen LogP contribution in [-0.4, -0.2) is 34.1 Å². The highest BCUT2D eigenvalue weighted by molar-refractivity contribution is 7.92. The Kier molecular flexibility index (Phi) is 7.82. The zero-order chi connectivity index (χ0) is 19.7. The van der Waals surface area contributed by atoms with E-state index in [1.54, 1.807) is 24.3 Å². The molecule has 2 rings (SSSR count). The van der Waals surface area contributed by atoms with Crippen molar-refractivity contribution in [1.29, 1.82) is 0 Å². The van der Waals surface area contributed by atoms with Gasteiger partial charge in [0.15, 0.2) is 0 Å². The van der Waals surface area contributed by atoms with Crippen LogP contribution in [0.15, 0.2) is 59.5 Å². The third-order valence-electron chi connectivity index (χ3n) is 3.66. The maximum absolute atomic E-state index is 12.4. The van der Waals surface area contributed by atoms with Crippen LogP contribution < -0.4 is 10.0 Å². The van der Waals surface area contributed by atoms with Crippen LogP contribution >= 0.6 is 0 Å². The number of sulfonamides is 1. The van der Waals surface area contributed by atoms with Crippen LogP contribution in [0.2, 0.25) is 0 Å². The van der Waals surface area contributed by atoms with Crippen LogP contribution in [0.3, 0.4) is 0 Å². The number of rotatable bonds is 10. The number of hydrogen-bond donors (Lipinski definition) is 2. The number of anilines is 1. The van der Waals surface area contributed by atoms with Crippen molar-refractivity contribution in [2.24, 2.45) is 5.92 Å². The van der Waals surface area contributed by atoms with Gasteiger partial charge in [-0.3, -0.25) is 9.52 Å². The van der Waals surface area contributed by atoms with Gasteiger partial charge in [0, 0.05) is 31.0 Å². The molecule has 6 nitrogen and oxygen atoms in total. The molecule has 2 aromatic rings. The smallest absolute Gasteiger partial charge is 0.261 e. The summed E-state index contributed by atoms with van der Waals surface area (Å²) in [5.74, 6) is 0.254. The van der Waals surface area contributed by atoms with Crippen molar-refractivity contribution in [3.8, 4) is 0 Å². The molecule has 0 radical (unpaired) electrons. The molecule has 0 saturated carbocycles. The first-order valence-corrected chi connectivity index (χ1v) is 10.4. The maximum atomic E-state index is 12.4. The minimum Gasteiger partial charge on any atom is -0.381 e. The van der Waals surface area contributed by atoms with E-state index in [2.05, 4.69) is 23.9 Å². The van der Waals surface area contributed by atoms with Gasteiger partial charge >= 0.3 is 0 Å². The number of ether oxygens (including phenoxy) is 1. The van der Waals surface area contributed by atoms with Gasteiger partial charge in [-0.2, -0.15) is 0 Å². The molecular formula is C20H26N2O4S. The van der Waals surface area contributed by atoms with E-state index in [1.165, 1.54) is 24.3 Å². The Morgan fingerprint density at radius 1 is 1.04 bits per heavy atom. The van der Waals surface area contributed by atoms with Gasteiger partial charge in [-0.05, 0) is 48.7 Å². The summed E-state index contributed by atoms with van der Waals surface area (Å²) < 4.78 is 32.7. The van der Waals surface area contributed by atoms with E-state index in [4.69, 9.17) is 4.74 Å². The lowest BCUT2D eigenvalue weighted by atomic mass is 10.2. The first kappa shape index (κ1) is 20.9. The van der Waals surface area contributed by atoms with Crippen LogP contribution in [0.1, 0.15) is 30.6 Å². The van der Waals surface area contributed by atoms with Crippen LogP contribution in [0.4, 0.5) is 5.69 Å². The van der Waals surface area contributed by atoms with Gasteiger partial charge in [0.1, 0.15) is 0 Å². The maximum Gasteiger partial charge on any atom is 0.261 e. The quantitative estimate of drug-likeness (QED) is 0.610. The van der Waals surface area contributed by atoms with E-state index < -0.39 is 10.0 Å². The molecule has 0 aliphatic heterocycles. The Bertz CT molecular complexity index is 819. The molecule has 0 aromatic heterocycles. The van der Waals surface area contributed by atoms with Crippen LogP contribution in [0, 0.1) is 5.92 Å². The van der Waals surface area contributed by atoms with Crippen molar-refractivity contribution < 1.29 is 17.9 Å². The minimum atomic E-state index is -3.69. The zero-order valence-electron chi connectivity index (χ0n) is 15.6. The lowest BCUT2D eigenvalue weighted by molar-refractivity contribution is 0.0925. The number of hydrogen-bond acceptors (Lipinski definition) is 4. The largest absolute Gasteiger partial charge is 0.381 e.